The number of nitrogens with zero attached hydrogens (tertiary/aromatic N) is 1. The average molecular weight is 312 g/mol. The van der Waals surface area contributed by atoms with Crippen molar-refractivity contribution < 1.29 is 15.0 Å². The Bertz CT molecular complexity index is 782. The number of phenols is 2. The third kappa shape index (κ3) is 3.12. The molecule has 1 fully saturated rings. The molecule has 2 aromatic rings. The summed E-state index contributed by atoms with van der Waals surface area (Å²) in [7, 11) is 0. The van der Waals surface area contributed by atoms with E-state index in [9.17, 15) is 15.0 Å². The standard InChI is InChI=1S/C16H12N2O3S/c19-11-7-5-10(6-8-11)9-14-15(21)18-16(22-14)17-12-3-1-2-4-13(12)20/h1-9,19-20H,(H,17,18,21)/b14-9+. The molecule has 2 aromatic carbocycles. The monoisotopic (exact) mass is 312 g/mol. The van der Waals surface area contributed by atoms with Crippen LogP contribution in [0.25, 0.3) is 6.08 Å². The number of para-hydroxylation sites is 2. The van der Waals surface area contributed by atoms with Crippen LogP contribution in [0.2, 0.25) is 0 Å². The number of carbonyl (C=O) groups excluding carboxylic acids is 1. The highest BCUT2D eigenvalue weighted by molar-refractivity contribution is 8.18. The van der Waals surface area contributed by atoms with Crippen LogP contribution in [0.4, 0.5) is 5.69 Å². The van der Waals surface area contributed by atoms with Crippen LogP contribution in [-0.4, -0.2) is 21.3 Å². The molecule has 6 heteroatoms. The number of aromatic hydroxyl groups is 2. The van der Waals surface area contributed by atoms with Gasteiger partial charge in [-0.25, -0.2) is 4.99 Å². The van der Waals surface area contributed by atoms with Gasteiger partial charge in [-0.05, 0) is 47.7 Å². The van der Waals surface area contributed by atoms with Crippen LogP contribution in [0, 0.1) is 0 Å². The molecule has 1 aliphatic heterocycles. The second kappa shape index (κ2) is 5.95. The van der Waals surface area contributed by atoms with Gasteiger partial charge < -0.3 is 15.5 Å². The van der Waals surface area contributed by atoms with E-state index < -0.39 is 0 Å². The number of benzene rings is 2. The zero-order valence-corrected chi connectivity index (χ0v) is 12.2. The van der Waals surface area contributed by atoms with Gasteiger partial charge in [0, 0.05) is 0 Å². The minimum Gasteiger partial charge on any atom is -0.508 e. The summed E-state index contributed by atoms with van der Waals surface area (Å²) in [6, 6.07) is 13.2. The third-order valence-corrected chi connectivity index (χ3v) is 3.86. The average Bonchev–Trinajstić information content (AvgIpc) is 2.84. The second-order valence-electron chi connectivity index (χ2n) is 4.56. The van der Waals surface area contributed by atoms with Gasteiger partial charge in [0.15, 0.2) is 5.17 Å². The third-order valence-electron chi connectivity index (χ3n) is 2.95. The van der Waals surface area contributed by atoms with Gasteiger partial charge in [0.25, 0.3) is 5.91 Å². The van der Waals surface area contributed by atoms with Gasteiger partial charge in [-0.15, -0.1) is 0 Å². The molecule has 1 aliphatic rings. The summed E-state index contributed by atoms with van der Waals surface area (Å²) in [5.74, 6) is -0.0134. The number of hydrogen-bond acceptors (Lipinski definition) is 5. The molecule has 0 saturated carbocycles. The Hall–Kier alpha value is -2.73. The Balaban J connectivity index is 1.84. The lowest BCUT2D eigenvalue weighted by Crippen LogP contribution is -2.19. The van der Waals surface area contributed by atoms with Gasteiger partial charge in [0.2, 0.25) is 0 Å². The van der Waals surface area contributed by atoms with E-state index >= 15 is 0 Å². The molecule has 0 spiro atoms. The SMILES string of the molecule is O=C1NC(=Nc2ccccc2O)S/C1=C/c1ccc(O)cc1. The number of aliphatic imine (C=N–C) groups is 1. The van der Waals surface area contributed by atoms with Gasteiger partial charge >= 0.3 is 0 Å². The molecule has 0 unspecified atom stereocenters. The van der Waals surface area contributed by atoms with Crippen molar-refractivity contribution in [3.8, 4) is 11.5 Å². The van der Waals surface area contributed by atoms with Crippen LogP contribution < -0.4 is 5.32 Å². The Morgan fingerprint density at radius 2 is 1.77 bits per heavy atom. The van der Waals surface area contributed by atoms with Crippen molar-refractivity contribution >= 4 is 34.6 Å². The van der Waals surface area contributed by atoms with Crippen molar-refractivity contribution in [1.82, 2.24) is 5.32 Å². The smallest absolute Gasteiger partial charge is 0.264 e. The minimum absolute atomic E-state index is 0.0563. The molecule has 3 rings (SSSR count). The van der Waals surface area contributed by atoms with Crippen LogP contribution in [0.15, 0.2) is 58.4 Å². The van der Waals surface area contributed by atoms with Gasteiger partial charge in [0.05, 0.1) is 4.91 Å². The van der Waals surface area contributed by atoms with Crippen molar-refractivity contribution in [2.45, 2.75) is 0 Å². The molecule has 0 aliphatic carbocycles. The molecule has 1 heterocycles. The lowest BCUT2D eigenvalue weighted by molar-refractivity contribution is -0.115. The first-order valence-electron chi connectivity index (χ1n) is 6.48. The molecule has 3 N–H and O–H groups in total. The fraction of sp³-hybridized carbons (Fsp3) is 0. The summed E-state index contributed by atoms with van der Waals surface area (Å²) < 4.78 is 0. The minimum atomic E-state index is -0.243. The van der Waals surface area contributed by atoms with E-state index in [1.807, 2.05) is 0 Å². The van der Waals surface area contributed by atoms with Crippen molar-refractivity contribution in [2.75, 3.05) is 0 Å². The molecule has 22 heavy (non-hydrogen) atoms. The number of phenolic OH excluding ortho intramolecular Hbond substituents is 2. The summed E-state index contributed by atoms with van der Waals surface area (Å²) in [5.41, 5.74) is 1.20. The van der Waals surface area contributed by atoms with Crippen LogP contribution in [0.3, 0.4) is 0 Å². The Labute approximate surface area is 131 Å². The number of amidine groups is 1. The number of carbonyl (C=O) groups is 1. The fourth-order valence-corrected chi connectivity index (χ4v) is 2.71. The maximum atomic E-state index is 11.9. The van der Waals surface area contributed by atoms with Gasteiger partial charge in [-0.2, -0.15) is 0 Å². The summed E-state index contributed by atoms with van der Waals surface area (Å²) in [5, 5.41) is 22.0. The van der Waals surface area contributed by atoms with Crippen molar-refractivity contribution in [3.63, 3.8) is 0 Å². The van der Waals surface area contributed by atoms with Crippen LogP contribution in [-0.2, 0) is 4.79 Å². The number of nitrogens with one attached hydrogen (secondary N) is 1. The van der Waals surface area contributed by atoms with E-state index in [0.717, 1.165) is 5.56 Å². The molecule has 5 nitrogen and oxygen atoms in total. The van der Waals surface area contributed by atoms with E-state index in [1.165, 1.54) is 17.8 Å². The largest absolute Gasteiger partial charge is 0.508 e. The molecule has 1 amide bonds. The summed E-state index contributed by atoms with van der Waals surface area (Å²) >= 11 is 1.20. The van der Waals surface area contributed by atoms with Gasteiger partial charge in [-0.3, -0.25) is 4.79 Å². The van der Waals surface area contributed by atoms with Crippen LogP contribution >= 0.6 is 11.8 Å². The number of hydrogen-bond donors (Lipinski definition) is 3. The number of rotatable bonds is 2. The first-order valence-corrected chi connectivity index (χ1v) is 7.30. The number of thioether (sulfide) groups is 1. The normalized spacial score (nSPS) is 17.9. The Morgan fingerprint density at radius 3 is 2.50 bits per heavy atom. The summed E-state index contributed by atoms with van der Waals surface area (Å²) in [6.45, 7) is 0. The van der Waals surface area contributed by atoms with E-state index in [1.54, 1.807) is 48.5 Å². The fourth-order valence-electron chi connectivity index (χ4n) is 1.87. The molecule has 0 aromatic heterocycles. The molecule has 1 saturated heterocycles. The predicted octanol–water partition coefficient (Wildman–Crippen LogP) is 2.99. The molecule has 0 radical (unpaired) electrons. The molecular weight excluding hydrogens is 300 g/mol. The molecular formula is C16H12N2O3S. The maximum Gasteiger partial charge on any atom is 0.264 e. The quantitative estimate of drug-likeness (QED) is 0.745. The highest BCUT2D eigenvalue weighted by Crippen LogP contribution is 2.31. The first-order chi connectivity index (χ1) is 10.6. The number of amides is 1. The lowest BCUT2D eigenvalue weighted by Gasteiger charge is -1.98. The van der Waals surface area contributed by atoms with Crippen molar-refractivity contribution in [2.24, 2.45) is 4.99 Å². The summed E-state index contributed by atoms with van der Waals surface area (Å²) in [4.78, 5) is 16.7. The van der Waals surface area contributed by atoms with E-state index in [0.29, 0.717) is 15.8 Å². The zero-order valence-electron chi connectivity index (χ0n) is 11.4. The van der Waals surface area contributed by atoms with Gasteiger partial charge in [-0.1, -0.05) is 24.3 Å². The Morgan fingerprint density at radius 1 is 1.05 bits per heavy atom. The predicted molar refractivity (Wildman–Crippen MR) is 87.0 cm³/mol. The molecule has 0 bridgehead atoms. The van der Waals surface area contributed by atoms with E-state index in [4.69, 9.17) is 0 Å². The molecule has 110 valence electrons. The van der Waals surface area contributed by atoms with Crippen LogP contribution in [0.1, 0.15) is 5.56 Å². The van der Waals surface area contributed by atoms with E-state index in [2.05, 4.69) is 10.3 Å². The van der Waals surface area contributed by atoms with Crippen molar-refractivity contribution in [3.05, 3.63) is 59.0 Å². The van der Waals surface area contributed by atoms with Crippen molar-refractivity contribution in [1.29, 1.82) is 0 Å². The Kier molecular flexibility index (Phi) is 3.84. The highest BCUT2D eigenvalue weighted by atomic mass is 32.2. The second-order valence-corrected chi connectivity index (χ2v) is 5.59. The molecule has 0 atom stereocenters. The maximum absolute atomic E-state index is 11.9. The highest BCUT2D eigenvalue weighted by Gasteiger charge is 2.24. The van der Waals surface area contributed by atoms with Gasteiger partial charge in [0.1, 0.15) is 17.2 Å². The van der Waals surface area contributed by atoms with E-state index in [-0.39, 0.29) is 17.4 Å². The lowest BCUT2D eigenvalue weighted by atomic mass is 10.2. The first kappa shape index (κ1) is 14.2. The topological polar surface area (TPSA) is 81.9 Å². The zero-order chi connectivity index (χ0) is 15.5. The summed E-state index contributed by atoms with van der Waals surface area (Å²) in [6.07, 6.45) is 1.72. The van der Waals surface area contributed by atoms with Crippen LogP contribution in [0.5, 0.6) is 11.5 Å².